The first-order valence-electron chi connectivity index (χ1n) is 5.23. The van der Waals surface area contributed by atoms with Gasteiger partial charge in [-0.3, -0.25) is 4.79 Å². The number of nitrogens with one attached hydrogen (secondary N) is 1. The van der Waals surface area contributed by atoms with Crippen molar-refractivity contribution in [2.24, 2.45) is 0 Å². The minimum Gasteiger partial charge on any atom is -0.393 e. The van der Waals surface area contributed by atoms with Gasteiger partial charge in [0.2, 0.25) is 0 Å². The van der Waals surface area contributed by atoms with E-state index in [1.54, 1.807) is 19.1 Å². The number of hydrogen-bond donors (Lipinski definition) is 2. The van der Waals surface area contributed by atoms with E-state index in [2.05, 4.69) is 5.32 Å². The van der Waals surface area contributed by atoms with Crippen molar-refractivity contribution in [1.82, 2.24) is 5.32 Å². The van der Waals surface area contributed by atoms with E-state index in [9.17, 15) is 4.79 Å². The van der Waals surface area contributed by atoms with Crippen LogP contribution in [-0.2, 0) is 0 Å². The van der Waals surface area contributed by atoms with Gasteiger partial charge < -0.3 is 10.4 Å². The summed E-state index contributed by atoms with van der Waals surface area (Å²) in [5.74, 6) is -0.164. The zero-order valence-electron chi connectivity index (χ0n) is 9.46. The van der Waals surface area contributed by atoms with Gasteiger partial charge in [0.25, 0.3) is 5.91 Å². The van der Waals surface area contributed by atoms with Crippen LogP contribution in [0.2, 0.25) is 5.02 Å². The van der Waals surface area contributed by atoms with Crippen molar-refractivity contribution in [3.63, 3.8) is 0 Å². The fourth-order valence-corrected chi connectivity index (χ4v) is 1.41. The fraction of sp³-hybridized carbons (Fsp3) is 0.417. The molecule has 1 amide bonds. The number of aryl methyl sites for hydroxylation is 1. The summed E-state index contributed by atoms with van der Waals surface area (Å²) in [5, 5.41) is 12.3. The minimum atomic E-state index is -0.401. The number of carbonyl (C=O) groups excluding carboxylic acids is 1. The SMILES string of the molecule is Cc1ccc(C(=O)NCCC(C)O)cc1Cl. The van der Waals surface area contributed by atoms with E-state index in [-0.39, 0.29) is 5.91 Å². The Morgan fingerprint density at radius 3 is 2.81 bits per heavy atom. The molecule has 0 saturated carbocycles. The number of carbonyl (C=O) groups is 1. The summed E-state index contributed by atoms with van der Waals surface area (Å²) in [4.78, 5) is 11.6. The van der Waals surface area contributed by atoms with E-state index < -0.39 is 6.10 Å². The first-order valence-corrected chi connectivity index (χ1v) is 5.61. The van der Waals surface area contributed by atoms with Gasteiger partial charge in [-0.2, -0.15) is 0 Å². The van der Waals surface area contributed by atoms with Crippen LogP contribution in [-0.4, -0.2) is 23.7 Å². The predicted octanol–water partition coefficient (Wildman–Crippen LogP) is 2.15. The van der Waals surface area contributed by atoms with E-state index in [1.165, 1.54) is 0 Å². The highest BCUT2D eigenvalue weighted by atomic mass is 35.5. The third-order valence-corrected chi connectivity index (χ3v) is 2.69. The van der Waals surface area contributed by atoms with Crippen LogP contribution in [0.25, 0.3) is 0 Å². The van der Waals surface area contributed by atoms with Crippen LogP contribution >= 0.6 is 11.6 Å². The van der Waals surface area contributed by atoms with Crippen molar-refractivity contribution in [2.75, 3.05) is 6.54 Å². The molecule has 0 spiro atoms. The maximum absolute atomic E-state index is 11.6. The predicted molar refractivity (Wildman–Crippen MR) is 64.8 cm³/mol. The molecule has 3 nitrogen and oxygen atoms in total. The number of halogens is 1. The Bertz CT molecular complexity index is 377. The van der Waals surface area contributed by atoms with Crippen LogP contribution < -0.4 is 5.32 Å². The molecule has 1 unspecified atom stereocenters. The second kappa shape index (κ2) is 5.87. The maximum Gasteiger partial charge on any atom is 0.251 e. The summed E-state index contributed by atoms with van der Waals surface area (Å²) in [6.45, 7) is 4.04. The van der Waals surface area contributed by atoms with Crippen molar-refractivity contribution in [3.8, 4) is 0 Å². The molecular formula is C12H16ClNO2. The minimum absolute atomic E-state index is 0.164. The van der Waals surface area contributed by atoms with Crippen LogP contribution in [0, 0.1) is 6.92 Å². The standard InChI is InChI=1S/C12H16ClNO2/c1-8-3-4-10(7-11(8)13)12(16)14-6-5-9(2)15/h3-4,7,9,15H,5-6H2,1-2H3,(H,14,16). The van der Waals surface area contributed by atoms with Gasteiger partial charge in [0, 0.05) is 17.1 Å². The molecule has 1 aromatic rings. The molecule has 0 fully saturated rings. The smallest absolute Gasteiger partial charge is 0.251 e. The lowest BCUT2D eigenvalue weighted by molar-refractivity contribution is 0.0945. The van der Waals surface area contributed by atoms with Gasteiger partial charge in [-0.15, -0.1) is 0 Å². The number of aliphatic hydroxyl groups excluding tert-OH is 1. The molecule has 16 heavy (non-hydrogen) atoms. The highest BCUT2D eigenvalue weighted by Gasteiger charge is 2.07. The van der Waals surface area contributed by atoms with E-state index >= 15 is 0 Å². The average Bonchev–Trinajstić information content (AvgIpc) is 2.21. The topological polar surface area (TPSA) is 49.3 Å². The molecule has 0 heterocycles. The Morgan fingerprint density at radius 2 is 2.25 bits per heavy atom. The Labute approximate surface area is 100 Å². The molecule has 0 saturated heterocycles. The van der Waals surface area contributed by atoms with Gasteiger partial charge in [-0.1, -0.05) is 17.7 Å². The van der Waals surface area contributed by atoms with Gasteiger partial charge in [0.1, 0.15) is 0 Å². The van der Waals surface area contributed by atoms with Gasteiger partial charge in [0.05, 0.1) is 6.10 Å². The zero-order valence-corrected chi connectivity index (χ0v) is 10.2. The monoisotopic (exact) mass is 241 g/mol. The van der Waals surface area contributed by atoms with E-state index in [0.717, 1.165) is 5.56 Å². The van der Waals surface area contributed by atoms with Crippen molar-refractivity contribution >= 4 is 17.5 Å². The average molecular weight is 242 g/mol. The summed E-state index contributed by atoms with van der Waals surface area (Å²) in [5.41, 5.74) is 1.49. The van der Waals surface area contributed by atoms with Gasteiger partial charge in [-0.25, -0.2) is 0 Å². The maximum atomic E-state index is 11.6. The van der Waals surface area contributed by atoms with E-state index in [4.69, 9.17) is 16.7 Å². The van der Waals surface area contributed by atoms with Gasteiger partial charge >= 0.3 is 0 Å². The molecular weight excluding hydrogens is 226 g/mol. The molecule has 88 valence electrons. The number of rotatable bonds is 4. The molecule has 0 aliphatic carbocycles. The first kappa shape index (κ1) is 13.0. The zero-order chi connectivity index (χ0) is 12.1. The summed E-state index contributed by atoms with van der Waals surface area (Å²) in [6, 6.07) is 5.19. The third-order valence-electron chi connectivity index (χ3n) is 2.28. The molecule has 1 aromatic carbocycles. The summed E-state index contributed by atoms with van der Waals surface area (Å²) in [7, 11) is 0. The van der Waals surface area contributed by atoms with Crippen LogP contribution in [0.1, 0.15) is 29.3 Å². The Kier molecular flexibility index (Phi) is 4.77. The lowest BCUT2D eigenvalue weighted by Gasteiger charge is -2.07. The van der Waals surface area contributed by atoms with E-state index in [0.29, 0.717) is 23.6 Å². The molecule has 1 atom stereocenters. The quantitative estimate of drug-likeness (QED) is 0.849. The Balaban J connectivity index is 2.56. The first-order chi connectivity index (χ1) is 7.50. The lowest BCUT2D eigenvalue weighted by Crippen LogP contribution is -2.26. The van der Waals surface area contributed by atoms with Crippen molar-refractivity contribution in [2.45, 2.75) is 26.4 Å². The Hall–Kier alpha value is -1.06. The fourth-order valence-electron chi connectivity index (χ4n) is 1.23. The molecule has 1 rings (SSSR count). The molecule has 0 aliphatic rings. The number of aliphatic hydroxyl groups is 1. The second-order valence-electron chi connectivity index (χ2n) is 3.86. The molecule has 4 heteroatoms. The van der Waals surface area contributed by atoms with Crippen LogP contribution in [0.15, 0.2) is 18.2 Å². The highest BCUT2D eigenvalue weighted by molar-refractivity contribution is 6.31. The highest BCUT2D eigenvalue weighted by Crippen LogP contribution is 2.16. The summed E-state index contributed by atoms with van der Waals surface area (Å²) >= 11 is 5.92. The normalized spacial score (nSPS) is 12.2. The second-order valence-corrected chi connectivity index (χ2v) is 4.26. The number of benzene rings is 1. The number of hydrogen-bond acceptors (Lipinski definition) is 2. The van der Waals surface area contributed by atoms with Crippen molar-refractivity contribution in [3.05, 3.63) is 34.3 Å². The number of amides is 1. The van der Waals surface area contributed by atoms with Crippen molar-refractivity contribution in [1.29, 1.82) is 0 Å². The largest absolute Gasteiger partial charge is 0.393 e. The van der Waals surface area contributed by atoms with Crippen LogP contribution in [0.4, 0.5) is 0 Å². The van der Waals surface area contributed by atoms with Gasteiger partial charge in [-0.05, 0) is 38.0 Å². The lowest BCUT2D eigenvalue weighted by atomic mass is 10.1. The van der Waals surface area contributed by atoms with Crippen LogP contribution in [0.3, 0.4) is 0 Å². The summed E-state index contributed by atoms with van der Waals surface area (Å²) < 4.78 is 0. The molecule has 2 N–H and O–H groups in total. The van der Waals surface area contributed by atoms with Gasteiger partial charge in [0.15, 0.2) is 0 Å². The molecule has 0 radical (unpaired) electrons. The molecule has 0 aromatic heterocycles. The molecule has 0 aliphatic heterocycles. The molecule has 0 bridgehead atoms. The third kappa shape index (κ3) is 3.83. The Morgan fingerprint density at radius 1 is 1.56 bits per heavy atom. The van der Waals surface area contributed by atoms with E-state index in [1.807, 2.05) is 13.0 Å². The van der Waals surface area contributed by atoms with Crippen molar-refractivity contribution < 1.29 is 9.90 Å². The summed E-state index contributed by atoms with van der Waals surface area (Å²) in [6.07, 6.45) is 0.146. The van der Waals surface area contributed by atoms with Crippen LogP contribution in [0.5, 0.6) is 0 Å².